The summed E-state index contributed by atoms with van der Waals surface area (Å²) < 4.78 is 3.03. The molecule has 0 fully saturated rings. The van der Waals surface area contributed by atoms with Crippen LogP contribution in [0.25, 0.3) is 5.69 Å². The second kappa shape index (κ2) is 4.06. The zero-order valence-electron chi connectivity index (χ0n) is 8.44. The van der Waals surface area contributed by atoms with Gasteiger partial charge in [-0.1, -0.05) is 22.9 Å². The number of nitrogen functional groups attached to an aromatic ring is 1. The van der Waals surface area contributed by atoms with E-state index in [2.05, 4.69) is 27.8 Å². The van der Waals surface area contributed by atoms with Gasteiger partial charge in [0.25, 0.3) is 0 Å². The molecule has 0 amide bonds. The molecule has 0 saturated heterocycles. The molecule has 0 bridgehead atoms. The second-order valence-electron chi connectivity index (χ2n) is 3.27. The summed E-state index contributed by atoms with van der Waals surface area (Å²) in [4.78, 5) is 4.27. The number of rotatable bonds is 2. The number of imidazole rings is 1. The Kier molecular flexibility index (Phi) is 2.77. The van der Waals surface area contributed by atoms with Crippen LogP contribution in [0, 0.1) is 0 Å². The van der Waals surface area contributed by atoms with Crippen LogP contribution >= 0.6 is 15.9 Å². The molecule has 2 rings (SSSR count). The van der Waals surface area contributed by atoms with Gasteiger partial charge in [0, 0.05) is 23.3 Å². The van der Waals surface area contributed by atoms with E-state index >= 15 is 0 Å². The zero-order valence-corrected chi connectivity index (χ0v) is 10.0. The van der Waals surface area contributed by atoms with Crippen molar-refractivity contribution in [2.24, 2.45) is 0 Å². The normalized spacial score (nSPS) is 10.5. The predicted octanol–water partition coefficient (Wildman–Crippen LogP) is 2.78. The monoisotopic (exact) mass is 265 g/mol. The van der Waals surface area contributed by atoms with E-state index in [-0.39, 0.29) is 0 Å². The number of aryl methyl sites for hydroxylation is 1. The summed E-state index contributed by atoms with van der Waals surface area (Å²) >= 11 is 3.44. The van der Waals surface area contributed by atoms with Crippen molar-refractivity contribution in [3.8, 4) is 5.69 Å². The largest absolute Gasteiger partial charge is 0.397 e. The minimum Gasteiger partial charge on any atom is -0.397 e. The number of nitrogens with zero attached hydrogens (tertiary/aromatic N) is 2. The van der Waals surface area contributed by atoms with Gasteiger partial charge in [-0.2, -0.15) is 0 Å². The summed E-state index contributed by atoms with van der Waals surface area (Å²) in [6.07, 6.45) is 4.61. The van der Waals surface area contributed by atoms with E-state index in [0.717, 1.165) is 28.1 Å². The maximum absolute atomic E-state index is 5.93. The van der Waals surface area contributed by atoms with Crippen molar-refractivity contribution < 1.29 is 0 Å². The fourth-order valence-corrected chi connectivity index (χ4v) is 1.89. The molecule has 0 spiro atoms. The first kappa shape index (κ1) is 10.2. The van der Waals surface area contributed by atoms with Gasteiger partial charge in [-0.3, -0.25) is 0 Å². The Morgan fingerprint density at radius 3 is 3.00 bits per heavy atom. The van der Waals surface area contributed by atoms with Gasteiger partial charge >= 0.3 is 0 Å². The first-order valence-electron chi connectivity index (χ1n) is 4.80. The standard InChI is InChI=1S/C11H12BrN3/c1-2-11-14-5-6-15(11)10-7-8(12)3-4-9(10)13/h3-7H,2,13H2,1H3. The highest BCUT2D eigenvalue weighted by Crippen LogP contribution is 2.23. The highest BCUT2D eigenvalue weighted by Gasteiger charge is 2.06. The number of halogens is 1. The van der Waals surface area contributed by atoms with Crippen LogP contribution in [0.2, 0.25) is 0 Å². The minimum atomic E-state index is 0.755. The summed E-state index contributed by atoms with van der Waals surface area (Å²) in [6.45, 7) is 2.08. The van der Waals surface area contributed by atoms with E-state index in [4.69, 9.17) is 5.73 Å². The van der Waals surface area contributed by atoms with E-state index in [1.54, 1.807) is 6.20 Å². The molecule has 4 heteroatoms. The lowest BCUT2D eigenvalue weighted by atomic mass is 10.2. The quantitative estimate of drug-likeness (QED) is 0.849. The number of nitrogens with two attached hydrogens (primary N) is 1. The van der Waals surface area contributed by atoms with Crippen molar-refractivity contribution in [3.63, 3.8) is 0 Å². The molecule has 2 aromatic rings. The fraction of sp³-hybridized carbons (Fsp3) is 0.182. The summed E-state index contributed by atoms with van der Waals surface area (Å²) in [5.74, 6) is 1.01. The third-order valence-electron chi connectivity index (χ3n) is 2.29. The molecule has 0 aliphatic carbocycles. The van der Waals surface area contributed by atoms with Gasteiger partial charge in [0.1, 0.15) is 5.82 Å². The topological polar surface area (TPSA) is 43.8 Å². The molecule has 0 aliphatic heterocycles. The van der Waals surface area contributed by atoms with Crippen LogP contribution in [0.5, 0.6) is 0 Å². The van der Waals surface area contributed by atoms with E-state index < -0.39 is 0 Å². The van der Waals surface area contributed by atoms with Crippen LogP contribution in [0.3, 0.4) is 0 Å². The highest BCUT2D eigenvalue weighted by molar-refractivity contribution is 9.10. The SMILES string of the molecule is CCc1nccn1-c1cc(Br)ccc1N. The Labute approximate surface area is 97.1 Å². The Morgan fingerprint density at radius 1 is 1.47 bits per heavy atom. The molecule has 15 heavy (non-hydrogen) atoms. The van der Waals surface area contributed by atoms with Gasteiger partial charge in [-0.05, 0) is 18.2 Å². The number of aromatic nitrogens is 2. The number of hydrogen-bond acceptors (Lipinski definition) is 2. The van der Waals surface area contributed by atoms with Crippen LogP contribution in [-0.2, 0) is 6.42 Å². The van der Waals surface area contributed by atoms with Crippen LogP contribution in [0.15, 0.2) is 35.1 Å². The fourth-order valence-electron chi connectivity index (χ4n) is 1.54. The van der Waals surface area contributed by atoms with Crippen molar-refractivity contribution in [2.75, 3.05) is 5.73 Å². The van der Waals surface area contributed by atoms with Crippen molar-refractivity contribution in [1.82, 2.24) is 9.55 Å². The Morgan fingerprint density at radius 2 is 2.27 bits per heavy atom. The first-order valence-corrected chi connectivity index (χ1v) is 5.59. The lowest BCUT2D eigenvalue weighted by Gasteiger charge is -2.09. The van der Waals surface area contributed by atoms with Gasteiger partial charge in [0.05, 0.1) is 11.4 Å². The minimum absolute atomic E-state index is 0.755. The van der Waals surface area contributed by atoms with Crippen molar-refractivity contribution >= 4 is 21.6 Å². The lowest BCUT2D eigenvalue weighted by Crippen LogP contribution is -2.02. The Bertz CT molecular complexity index is 476. The van der Waals surface area contributed by atoms with Gasteiger partial charge < -0.3 is 10.3 Å². The smallest absolute Gasteiger partial charge is 0.112 e. The van der Waals surface area contributed by atoms with E-state index in [0.29, 0.717) is 0 Å². The molecule has 0 aliphatic rings. The molecule has 3 nitrogen and oxygen atoms in total. The first-order chi connectivity index (χ1) is 7.22. The maximum Gasteiger partial charge on any atom is 0.112 e. The highest BCUT2D eigenvalue weighted by atomic mass is 79.9. The van der Waals surface area contributed by atoms with Gasteiger partial charge in [0.2, 0.25) is 0 Å². The summed E-state index contributed by atoms with van der Waals surface area (Å²) in [7, 11) is 0. The van der Waals surface area contributed by atoms with E-state index in [9.17, 15) is 0 Å². The molecule has 1 heterocycles. The van der Waals surface area contributed by atoms with Gasteiger partial charge in [-0.15, -0.1) is 0 Å². The Hall–Kier alpha value is -1.29. The summed E-state index contributed by atoms with van der Waals surface area (Å²) in [5, 5.41) is 0. The molecule has 0 saturated carbocycles. The van der Waals surface area contributed by atoms with Crippen molar-refractivity contribution in [3.05, 3.63) is 40.9 Å². The van der Waals surface area contributed by atoms with Crippen LogP contribution in [-0.4, -0.2) is 9.55 Å². The third kappa shape index (κ3) is 1.90. The number of benzene rings is 1. The molecule has 1 aromatic heterocycles. The summed E-state index contributed by atoms with van der Waals surface area (Å²) in [5.41, 5.74) is 7.66. The van der Waals surface area contributed by atoms with Crippen molar-refractivity contribution in [1.29, 1.82) is 0 Å². The van der Waals surface area contributed by atoms with E-state index in [1.807, 2.05) is 29.0 Å². The van der Waals surface area contributed by atoms with Gasteiger partial charge in [-0.25, -0.2) is 4.98 Å². The van der Waals surface area contributed by atoms with Crippen LogP contribution in [0.4, 0.5) is 5.69 Å². The van der Waals surface area contributed by atoms with Crippen LogP contribution in [0.1, 0.15) is 12.7 Å². The molecular weight excluding hydrogens is 254 g/mol. The molecule has 0 atom stereocenters. The molecule has 1 aromatic carbocycles. The van der Waals surface area contributed by atoms with Crippen LogP contribution < -0.4 is 5.73 Å². The van der Waals surface area contributed by atoms with Crippen molar-refractivity contribution in [2.45, 2.75) is 13.3 Å². The van der Waals surface area contributed by atoms with Gasteiger partial charge in [0.15, 0.2) is 0 Å². The predicted molar refractivity (Wildman–Crippen MR) is 65.1 cm³/mol. The molecule has 0 radical (unpaired) electrons. The molecule has 2 N–H and O–H groups in total. The average Bonchev–Trinajstić information content (AvgIpc) is 2.69. The number of anilines is 1. The average molecular weight is 266 g/mol. The number of hydrogen-bond donors (Lipinski definition) is 1. The molecule has 0 unspecified atom stereocenters. The molecule has 78 valence electrons. The maximum atomic E-state index is 5.93. The summed E-state index contributed by atoms with van der Waals surface area (Å²) in [6, 6.07) is 5.82. The third-order valence-corrected chi connectivity index (χ3v) is 2.78. The zero-order chi connectivity index (χ0) is 10.8. The molecular formula is C11H12BrN3. The second-order valence-corrected chi connectivity index (χ2v) is 4.19. The lowest BCUT2D eigenvalue weighted by molar-refractivity contribution is 0.892. The Balaban J connectivity index is 2.58. The van der Waals surface area contributed by atoms with E-state index in [1.165, 1.54) is 0 Å².